The summed E-state index contributed by atoms with van der Waals surface area (Å²) >= 11 is 0. The van der Waals surface area contributed by atoms with Gasteiger partial charge in [-0.3, -0.25) is 9.59 Å². The number of carbonyl (C=O) groups excluding carboxylic acids is 2. The van der Waals surface area contributed by atoms with E-state index in [2.05, 4.69) is 16.0 Å². The molecule has 7 heteroatoms. The van der Waals surface area contributed by atoms with E-state index in [9.17, 15) is 9.59 Å². The van der Waals surface area contributed by atoms with Crippen LogP contribution in [-0.4, -0.2) is 37.6 Å². The maximum absolute atomic E-state index is 12.0. The number of halogens is 1. The topological polar surface area (TPSA) is 79.5 Å². The van der Waals surface area contributed by atoms with Crippen LogP contribution in [0.2, 0.25) is 0 Å². The number of carbonyl (C=O) groups is 2. The molecule has 2 aliphatic rings. The largest absolute Gasteiger partial charge is 0.368 e. The Hall–Kier alpha value is -1.63. The van der Waals surface area contributed by atoms with Crippen LogP contribution in [0.4, 0.5) is 11.4 Å². The second-order valence-electron chi connectivity index (χ2n) is 5.75. The number of ether oxygens (including phenoxy) is 1. The van der Waals surface area contributed by atoms with Crippen LogP contribution >= 0.6 is 12.4 Å². The van der Waals surface area contributed by atoms with Gasteiger partial charge in [0.1, 0.15) is 6.10 Å². The number of rotatable bonds is 4. The minimum atomic E-state index is -0.339. The zero-order valence-electron chi connectivity index (χ0n) is 12.8. The number of hydrogen-bond acceptors (Lipinski definition) is 4. The molecule has 1 aromatic rings. The highest BCUT2D eigenvalue weighted by molar-refractivity contribution is 5.95. The first-order valence-corrected chi connectivity index (χ1v) is 7.76. The van der Waals surface area contributed by atoms with Crippen molar-refractivity contribution in [3.8, 4) is 0 Å². The lowest BCUT2D eigenvalue weighted by molar-refractivity contribution is -0.124. The molecule has 2 heterocycles. The Balaban J connectivity index is 0.00000192. The molecule has 2 amide bonds. The Morgan fingerprint density at radius 2 is 1.70 bits per heavy atom. The summed E-state index contributed by atoms with van der Waals surface area (Å²) in [6.45, 7) is 2.28. The Labute approximate surface area is 141 Å². The van der Waals surface area contributed by atoms with E-state index in [1.165, 1.54) is 0 Å². The maximum atomic E-state index is 12.0. The standard InChI is InChI=1S/C16H21N3O3.ClH/c20-15(11-7-8-17-10-11)18-12-3-5-13(6-4-12)19-16(21)14-2-1-9-22-14;/h3-6,11,14,17H,1-2,7-10H2,(H,18,20)(H,19,21);1H. The van der Waals surface area contributed by atoms with Crippen molar-refractivity contribution in [1.29, 1.82) is 0 Å². The Morgan fingerprint density at radius 3 is 2.22 bits per heavy atom. The van der Waals surface area contributed by atoms with Crippen molar-refractivity contribution in [2.45, 2.75) is 25.4 Å². The van der Waals surface area contributed by atoms with E-state index >= 15 is 0 Å². The molecule has 2 aliphatic heterocycles. The van der Waals surface area contributed by atoms with Gasteiger partial charge < -0.3 is 20.7 Å². The normalized spacial score (nSPS) is 23.1. The molecule has 2 unspecified atom stereocenters. The number of anilines is 2. The van der Waals surface area contributed by atoms with Gasteiger partial charge in [0.05, 0.1) is 5.92 Å². The van der Waals surface area contributed by atoms with Gasteiger partial charge in [0, 0.05) is 24.5 Å². The van der Waals surface area contributed by atoms with Crippen LogP contribution in [0.5, 0.6) is 0 Å². The van der Waals surface area contributed by atoms with Crippen molar-refractivity contribution in [2.24, 2.45) is 5.92 Å². The summed E-state index contributed by atoms with van der Waals surface area (Å²) in [5, 5.41) is 8.91. The van der Waals surface area contributed by atoms with Gasteiger partial charge >= 0.3 is 0 Å². The van der Waals surface area contributed by atoms with Crippen molar-refractivity contribution in [1.82, 2.24) is 5.32 Å². The fourth-order valence-electron chi connectivity index (χ4n) is 2.77. The van der Waals surface area contributed by atoms with Gasteiger partial charge in [-0.05, 0) is 50.1 Å². The van der Waals surface area contributed by atoms with Crippen LogP contribution in [0.3, 0.4) is 0 Å². The van der Waals surface area contributed by atoms with Crippen LogP contribution in [0.1, 0.15) is 19.3 Å². The zero-order valence-corrected chi connectivity index (χ0v) is 13.7. The summed E-state index contributed by atoms with van der Waals surface area (Å²) in [5.41, 5.74) is 1.45. The second-order valence-corrected chi connectivity index (χ2v) is 5.75. The molecule has 1 aromatic carbocycles. The third-order valence-corrected chi connectivity index (χ3v) is 4.07. The van der Waals surface area contributed by atoms with Crippen LogP contribution in [-0.2, 0) is 14.3 Å². The number of hydrogen-bond donors (Lipinski definition) is 3. The maximum Gasteiger partial charge on any atom is 0.253 e. The first kappa shape index (κ1) is 17.7. The average Bonchev–Trinajstić information content (AvgIpc) is 3.23. The van der Waals surface area contributed by atoms with E-state index in [0.717, 1.165) is 38.0 Å². The van der Waals surface area contributed by atoms with Gasteiger partial charge in [-0.2, -0.15) is 0 Å². The molecule has 3 rings (SSSR count). The molecule has 126 valence electrons. The molecule has 0 saturated carbocycles. The van der Waals surface area contributed by atoms with E-state index in [1.54, 1.807) is 24.3 Å². The molecular formula is C16H22ClN3O3. The van der Waals surface area contributed by atoms with Gasteiger partial charge in [-0.15, -0.1) is 12.4 Å². The van der Waals surface area contributed by atoms with Gasteiger partial charge in [0.25, 0.3) is 5.91 Å². The Morgan fingerprint density at radius 1 is 1.04 bits per heavy atom. The van der Waals surface area contributed by atoms with Gasteiger partial charge in [0.15, 0.2) is 0 Å². The van der Waals surface area contributed by atoms with Crippen LogP contribution < -0.4 is 16.0 Å². The Kier molecular flexibility index (Phi) is 6.38. The summed E-state index contributed by atoms with van der Waals surface area (Å²) < 4.78 is 5.35. The van der Waals surface area contributed by atoms with Crippen molar-refractivity contribution in [3.63, 3.8) is 0 Å². The summed E-state index contributed by atoms with van der Waals surface area (Å²) in [7, 11) is 0. The third kappa shape index (κ3) is 4.67. The monoisotopic (exact) mass is 339 g/mol. The highest BCUT2D eigenvalue weighted by Gasteiger charge is 2.24. The molecule has 0 spiro atoms. The minimum absolute atomic E-state index is 0. The van der Waals surface area contributed by atoms with E-state index < -0.39 is 0 Å². The van der Waals surface area contributed by atoms with E-state index in [1.807, 2.05) is 0 Å². The van der Waals surface area contributed by atoms with E-state index in [4.69, 9.17) is 4.74 Å². The average molecular weight is 340 g/mol. The molecule has 2 atom stereocenters. The summed E-state index contributed by atoms with van der Waals surface area (Å²) in [4.78, 5) is 24.0. The highest BCUT2D eigenvalue weighted by atomic mass is 35.5. The predicted octanol–water partition coefficient (Wildman–Crippen LogP) is 1.77. The lowest BCUT2D eigenvalue weighted by Gasteiger charge is -2.12. The van der Waals surface area contributed by atoms with Crippen molar-refractivity contribution in [2.75, 3.05) is 30.3 Å². The van der Waals surface area contributed by atoms with Gasteiger partial charge in [0.2, 0.25) is 5.91 Å². The van der Waals surface area contributed by atoms with Crippen molar-refractivity contribution < 1.29 is 14.3 Å². The van der Waals surface area contributed by atoms with Crippen LogP contribution in [0.15, 0.2) is 24.3 Å². The molecule has 0 aromatic heterocycles. The number of nitrogens with one attached hydrogen (secondary N) is 3. The van der Waals surface area contributed by atoms with Crippen molar-refractivity contribution in [3.05, 3.63) is 24.3 Å². The third-order valence-electron chi connectivity index (χ3n) is 4.07. The molecule has 0 aliphatic carbocycles. The molecule has 0 radical (unpaired) electrons. The first-order valence-electron chi connectivity index (χ1n) is 7.76. The number of amides is 2. The van der Waals surface area contributed by atoms with Crippen LogP contribution in [0.25, 0.3) is 0 Å². The van der Waals surface area contributed by atoms with E-state index in [0.29, 0.717) is 12.3 Å². The Bertz CT molecular complexity index is 489. The van der Waals surface area contributed by atoms with Crippen molar-refractivity contribution >= 4 is 35.6 Å². The van der Waals surface area contributed by atoms with E-state index in [-0.39, 0.29) is 36.2 Å². The SMILES string of the molecule is Cl.O=C(Nc1ccc(NC(=O)C2CCCO2)cc1)C1CCNC1. The lowest BCUT2D eigenvalue weighted by Crippen LogP contribution is -2.27. The first-order chi connectivity index (χ1) is 10.7. The van der Waals surface area contributed by atoms with Gasteiger partial charge in [-0.25, -0.2) is 0 Å². The molecular weight excluding hydrogens is 318 g/mol. The molecule has 2 fully saturated rings. The fourth-order valence-corrected chi connectivity index (χ4v) is 2.77. The molecule has 6 nitrogen and oxygen atoms in total. The zero-order chi connectivity index (χ0) is 15.4. The quantitative estimate of drug-likeness (QED) is 0.781. The lowest BCUT2D eigenvalue weighted by atomic mass is 10.1. The van der Waals surface area contributed by atoms with Crippen LogP contribution in [0, 0.1) is 5.92 Å². The molecule has 0 bridgehead atoms. The highest BCUT2D eigenvalue weighted by Crippen LogP contribution is 2.18. The molecule has 23 heavy (non-hydrogen) atoms. The second kappa shape index (κ2) is 8.29. The summed E-state index contributed by atoms with van der Waals surface area (Å²) in [6, 6.07) is 7.17. The smallest absolute Gasteiger partial charge is 0.253 e. The predicted molar refractivity (Wildman–Crippen MR) is 90.9 cm³/mol. The minimum Gasteiger partial charge on any atom is -0.368 e. The van der Waals surface area contributed by atoms with Gasteiger partial charge in [-0.1, -0.05) is 0 Å². The number of benzene rings is 1. The molecule has 2 saturated heterocycles. The fraction of sp³-hybridized carbons (Fsp3) is 0.500. The summed E-state index contributed by atoms with van der Waals surface area (Å²) in [5.74, 6) is -0.0219. The molecule has 3 N–H and O–H groups in total. The summed E-state index contributed by atoms with van der Waals surface area (Å²) in [6.07, 6.45) is 2.24.